The van der Waals surface area contributed by atoms with Gasteiger partial charge in [-0.3, -0.25) is 18.9 Å². The number of hydrogen-bond acceptors (Lipinski definition) is 7. The number of H-pyrrole nitrogens is 1. The predicted molar refractivity (Wildman–Crippen MR) is 70.0 cm³/mol. The second-order valence-electron chi connectivity index (χ2n) is 4.78. The lowest BCUT2D eigenvalue weighted by Gasteiger charge is -2.19. The minimum absolute atomic E-state index is 0.182. The first-order chi connectivity index (χ1) is 10.1. The maximum atomic E-state index is 11.8. The van der Waals surface area contributed by atoms with Crippen molar-refractivity contribution in [2.75, 3.05) is 6.61 Å². The molecule has 22 heavy (non-hydrogen) atoms. The number of nitrogens with zero attached hydrogens (tertiary/aromatic N) is 1. The molecule has 4 atom stereocenters. The summed E-state index contributed by atoms with van der Waals surface area (Å²) in [5, 5.41) is 19.8. The number of phosphoric ester groups is 1. The predicted octanol–water partition coefficient (Wildman–Crippen LogP) is -2.43. The third-order valence-electron chi connectivity index (χ3n) is 3.17. The number of aromatic amines is 1. The van der Waals surface area contributed by atoms with Gasteiger partial charge in [-0.15, -0.1) is 0 Å². The van der Waals surface area contributed by atoms with E-state index in [9.17, 15) is 24.4 Å². The minimum Gasteiger partial charge on any atom is -0.387 e. The summed E-state index contributed by atoms with van der Waals surface area (Å²) in [5.74, 6) is 0. The van der Waals surface area contributed by atoms with Crippen molar-refractivity contribution in [2.24, 2.45) is 0 Å². The summed E-state index contributed by atoms with van der Waals surface area (Å²) in [6.45, 7) is 0.745. The van der Waals surface area contributed by atoms with Gasteiger partial charge in [0.25, 0.3) is 5.56 Å². The monoisotopic (exact) mass is 338 g/mol. The van der Waals surface area contributed by atoms with Crippen LogP contribution < -0.4 is 11.2 Å². The molecule has 5 N–H and O–H groups in total. The average molecular weight is 338 g/mol. The highest BCUT2D eigenvalue weighted by Crippen LogP contribution is 2.38. The van der Waals surface area contributed by atoms with Crippen molar-refractivity contribution in [3.05, 3.63) is 32.6 Å². The summed E-state index contributed by atoms with van der Waals surface area (Å²) in [6.07, 6.45) is -5.67. The van der Waals surface area contributed by atoms with Gasteiger partial charge in [-0.2, -0.15) is 0 Å². The summed E-state index contributed by atoms with van der Waals surface area (Å²) < 4.78 is 21.0. The van der Waals surface area contributed by atoms with Gasteiger partial charge in [-0.25, -0.2) is 9.36 Å². The zero-order valence-electron chi connectivity index (χ0n) is 11.3. The van der Waals surface area contributed by atoms with Crippen LogP contribution in [0.15, 0.2) is 15.7 Å². The Morgan fingerprint density at radius 2 is 2.00 bits per heavy atom. The van der Waals surface area contributed by atoms with Gasteiger partial charge >= 0.3 is 13.5 Å². The lowest BCUT2D eigenvalue weighted by atomic mass is 10.1. The molecule has 0 bridgehead atoms. The van der Waals surface area contributed by atoms with Crippen molar-refractivity contribution >= 4 is 7.82 Å². The summed E-state index contributed by atoms with van der Waals surface area (Å²) >= 11 is 0. The first-order valence-corrected chi connectivity index (χ1v) is 7.67. The zero-order valence-corrected chi connectivity index (χ0v) is 12.2. The normalized spacial score (nSPS) is 29.0. The van der Waals surface area contributed by atoms with E-state index in [2.05, 4.69) is 4.52 Å². The number of aliphatic hydroxyl groups excluding tert-OH is 2. The van der Waals surface area contributed by atoms with Crippen LogP contribution in [0.2, 0.25) is 0 Å². The number of aromatic nitrogens is 2. The van der Waals surface area contributed by atoms with Crippen LogP contribution in [0.5, 0.6) is 0 Å². The molecule has 1 saturated heterocycles. The highest BCUT2D eigenvalue weighted by atomic mass is 31.2. The van der Waals surface area contributed by atoms with E-state index in [1.807, 2.05) is 4.98 Å². The highest BCUT2D eigenvalue weighted by Gasteiger charge is 2.45. The van der Waals surface area contributed by atoms with Crippen LogP contribution in [0, 0.1) is 6.92 Å². The number of phosphoric acid groups is 1. The van der Waals surface area contributed by atoms with Crippen LogP contribution in [-0.4, -0.2) is 54.5 Å². The fraction of sp³-hybridized carbons (Fsp3) is 0.600. The van der Waals surface area contributed by atoms with Gasteiger partial charge in [-0.1, -0.05) is 0 Å². The molecule has 1 aliphatic heterocycles. The largest absolute Gasteiger partial charge is 0.469 e. The van der Waals surface area contributed by atoms with Crippen molar-refractivity contribution in [3.63, 3.8) is 0 Å². The standard InChI is InChI=1S/C10H15N2O9P/c1-4-2-6(13)11-10(16)12(4)9-8(15)7(14)5(21-9)3-20-22(17,18)19/h2,5,7-9,14-15H,3H2,1H3,(H,11,13,16)(H2,17,18,19)/t5-,7?,8?,9-/m1/s1. The summed E-state index contributed by atoms with van der Waals surface area (Å²) in [6, 6.07) is 1.10. The maximum Gasteiger partial charge on any atom is 0.469 e. The Labute approximate surface area is 123 Å². The molecule has 2 unspecified atom stereocenters. The summed E-state index contributed by atoms with van der Waals surface area (Å²) in [5.41, 5.74) is -1.30. The number of nitrogens with one attached hydrogen (secondary N) is 1. The van der Waals surface area contributed by atoms with Crippen molar-refractivity contribution in [2.45, 2.75) is 31.5 Å². The molecule has 0 aliphatic carbocycles. The van der Waals surface area contributed by atoms with Crippen LogP contribution in [-0.2, 0) is 13.8 Å². The topological polar surface area (TPSA) is 171 Å². The first-order valence-electron chi connectivity index (χ1n) is 6.14. The first kappa shape index (κ1) is 17.0. The van der Waals surface area contributed by atoms with E-state index >= 15 is 0 Å². The van der Waals surface area contributed by atoms with E-state index in [0.29, 0.717) is 0 Å². The smallest absolute Gasteiger partial charge is 0.387 e. The maximum absolute atomic E-state index is 11.8. The Morgan fingerprint density at radius 3 is 2.55 bits per heavy atom. The van der Waals surface area contributed by atoms with Gasteiger partial charge in [0.05, 0.1) is 6.61 Å². The molecule has 0 aromatic carbocycles. The molecule has 1 aromatic heterocycles. The SMILES string of the molecule is Cc1cc(=O)[nH]c(=O)n1[C@@H]1O[C@H](COP(=O)(O)O)C(O)C1O. The zero-order chi connectivity index (χ0) is 16.7. The highest BCUT2D eigenvalue weighted by molar-refractivity contribution is 7.46. The van der Waals surface area contributed by atoms with Crippen molar-refractivity contribution in [3.8, 4) is 0 Å². The number of hydrogen-bond donors (Lipinski definition) is 5. The van der Waals surface area contributed by atoms with E-state index < -0.39 is 50.2 Å². The number of rotatable bonds is 4. The van der Waals surface area contributed by atoms with Gasteiger partial charge in [0, 0.05) is 11.8 Å². The van der Waals surface area contributed by atoms with Crippen LogP contribution in [0.3, 0.4) is 0 Å². The van der Waals surface area contributed by atoms with Gasteiger partial charge in [0.15, 0.2) is 6.23 Å². The van der Waals surface area contributed by atoms with Crippen molar-refractivity contribution in [1.82, 2.24) is 9.55 Å². The van der Waals surface area contributed by atoms with Crippen molar-refractivity contribution in [1.29, 1.82) is 0 Å². The molecule has 0 saturated carbocycles. The molecule has 2 heterocycles. The van der Waals surface area contributed by atoms with E-state index in [1.54, 1.807) is 0 Å². The van der Waals surface area contributed by atoms with Crippen LogP contribution in [0.4, 0.5) is 0 Å². The quantitative estimate of drug-likeness (QED) is 0.374. The Balaban J connectivity index is 2.26. The molecule has 1 aliphatic rings. The summed E-state index contributed by atoms with van der Waals surface area (Å²) in [4.78, 5) is 42.2. The number of ether oxygens (including phenoxy) is 1. The third-order valence-corrected chi connectivity index (χ3v) is 3.65. The lowest BCUT2D eigenvalue weighted by molar-refractivity contribution is -0.0552. The van der Waals surface area contributed by atoms with Gasteiger partial charge in [-0.05, 0) is 6.92 Å². The molecule has 124 valence electrons. The molecule has 0 spiro atoms. The second-order valence-corrected chi connectivity index (χ2v) is 6.02. The Kier molecular flexibility index (Phi) is 4.68. The number of aliphatic hydroxyl groups is 2. The second kappa shape index (κ2) is 6.05. The van der Waals surface area contributed by atoms with Crippen molar-refractivity contribution < 1.29 is 33.8 Å². The molecule has 1 fully saturated rings. The van der Waals surface area contributed by atoms with Gasteiger partial charge < -0.3 is 24.7 Å². The Hall–Kier alpha value is -1.33. The molecule has 11 nitrogen and oxygen atoms in total. The molecule has 2 rings (SSSR count). The van der Waals surface area contributed by atoms with Crippen LogP contribution >= 0.6 is 7.82 Å². The molecule has 0 radical (unpaired) electrons. The Bertz CT molecular complexity index is 707. The van der Waals surface area contributed by atoms with E-state index in [0.717, 1.165) is 10.6 Å². The molecule has 1 aromatic rings. The van der Waals surface area contributed by atoms with E-state index in [-0.39, 0.29) is 5.69 Å². The van der Waals surface area contributed by atoms with E-state index in [1.165, 1.54) is 6.92 Å². The summed E-state index contributed by atoms with van der Waals surface area (Å²) in [7, 11) is -4.77. The molecular formula is C10H15N2O9P. The van der Waals surface area contributed by atoms with Crippen LogP contribution in [0.25, 0.3) is 0 Å². The van der Waals surface area contributed by atoms with E-state index in [4.69, 9.17) is 14.5 Å². The van der Waals surface area contributed by atoms with Crippen LogP contribution in [0.1, 0.15) is 11.9 Å². The third kappa shape index (κ3) is 3.52. The Morgan fingerprint density at radius 1 is 1.36 bits per heavy atom. The fourth-order valence-electron chi connectivity index (χ4n) is 2.19. The van der Waals surface area contributed by atoms with Gasteiger partial charge in [0.2, 0.25) is 0 Å². The fourth-order valence-corrected chi connectivity index (χ4v) is 2.53. The average Bonchev–Trinajstić information content (AvgIpc) is 2.63. The molecule has 12 heteroatoms. The van der Waals surface area contributed by atoms with Gasteiger partial charge in [0.1, 0.15) is 18.3 Å². The number of aryl methyl sites for hydroxylation is 1. The lowest BCUT2D eigenvalue weighted by Crippen LogP contribution is -2.39. The molecular weight excluding hydrogens is 323 g/mol. The minimum atomic E-state index is -4.77. The molecule has 0 amide bonds.